The van der Waals surface area contributed by atoms with Crippen LogP contribution in [0.3, 0.4) is 0 Å². The number of thioether (sulfide) groups is 1. The van der Waals surface area contributed by atoms with Gasteiger partial charge in [-0.25, -0.2) is 0 Å². The molecule has 1 heterocycles. The normalized spacial score (nSPS) is 15.2. The first-order valence-corrected chi connectivity index (χ1v) is 10.1. The van der Waals surface area contributed by atoms with Crippen molar-refractivity contribution in [2.75, 3.05) is 36.5 Å². The Bertz CT molecular complexity index is 774. The van der Waals surface area contributed by atoms with Crippen LogP contribution in [0.5, 0.6) is 5.75 Å². The van der Waals surface area contributed by atoms with E-state index >= 15 is 0 Å². The van der Waals surface area contributed by atoms with Gasteiger partial charge in [-0.1, -0.05) is 12.1 Å². The van der Waals surface area contributed by atoms with Crippen molar-refractivity contribution in [3.63, 3.8) is 0 Å². The maximum Gasteiger partial charge on any atom is 0.573 e. The van der Waals surface area contributed by atoms with Crippen LogP contribution in [-0.4, -0.2) is 48.3 Å². The summed E-state index contributed by atoms with van der Waals surface area (Å²) in [5.74, 6) is 1.63. The van der Waals surface area contributed by atoms with Gasteiger partial charge in [0.15, 0.2) is 0 Å². The molecule has 0 spiro atoms. The summed E-state index contributed by atoms with van der Waals surface area (Å²) in [5, 5.41) is 2.74. The molecule has 1 amide bonds. The Morgan fingerprint density at radius 2 is 1.68 bits per heavy atom. The topological polar surface area (TPSA) is 41.6 Å². The summed E-state index contributed by atoms with van der Waals surface area (Å²) in [6.07, 6.45) is -3.79. The van der Waals surface area contributed by atoms with Crippen molar-refractivity contribution < 1.29 is 22.7 Å². The number of amides is 1. The van der Waals surface area contributed by atoms with Crippen molar-refractivity contribution in [3.05, 3.63) is 59.7 Å². The van der Waals surface area contributed by atoms with Crippen LogP contribution >= 0.6 is 11.8 Å². The number of ether oxygens (including phenoxy) is 1. The number of halogens is 3. The van der Waals surface area contributed by atoms with Gasteiger partial charge < -0.3 is 15.0 Å². The summed E-state index contributed by atoms with van der Waals surface area (Å²) < 4.78 is 40.3. The molecule has 1 saturated heterocycles. The Balaban J connectivity index is 1.51. The molecule has 4 nitrogen and oxygen atoms in total. The number of alkyl halides is 3. The van der Waals surface area contributed by atoms with Crippen LogP contribution in [0.4, 0.5) is 18.9 Å². The predicted octanol–water partition coefficient (Wildman–Crippen LogP) is 4.43. The van der Waals surface area contributed by atoms with Crippen LogP contribution in [0.15, 0.2) is 48.5 Å². The Kier molecular flexibility index (Phi) is 6.85. The van der Waals surface area contributed by atoms with Gasteiger partial charge in [-0.15, -0.1) is 13.2 Å². The van der Waals surface area contributed by atoms with E-state index in [9.17, 15) is 18.0 Å². The fraction of sp³-hybridized carbons (Fsp3) is 0.350. The van der Waals surface area contributed by atoms with Crippen LogP contribution in [0.25, 0.3) is 0 Å². The summed E-state index contributed by atoms with van der Waals surface area (Å²) in [4.78, 5) is 14.7. The van der Waals surface area contributed by atoms with Gasteiger partial charge in [-0.2, -0.15) is 11.8 Å². The first kappa shape index (κ1) is 20.5. The minimum absolute atomic E-state index is 0.251. The molecule has 1 aliphatic rings. The number of nitrogens with zero attached hydrogens (tertiary/aromatic N) is 1. The lowest BCUT2D eigenvalue weighted by Crippen LogP contribution is -2.34. The average molecular weight is 410 g/mol. The fourth-order valence-electron chi connectivity index (χ4n) is 2.88. The second kappa shape index (κ2) is 9.34. The summed E-state index contributed by atoms with van der Waals surface area (Å²) >= 11 is 1.99. The zero-order chi connectivity index (χ0) is 20.0. The lowest BCUT2D eigenvalue weighted by Gasteiger charge is -2.26. The third-order valence-electron chi connectivity index (χ3n) is 4.38. The molecule has 3 rings (SSSR count). The van der Waals surface area contributed by atoms with E-state index in [0.29, 0.717) is 5.69 Å². The van der Waals surface area contributed by atoms with Crippen molar-refractivity contribution in [2.45, 2.75) is 12.8 Å². The highest BCUT2D eigenvalue weighted by Gasteiger charge is 2.31. The van der Waals surface area contributed by atoms with Gasteiger partial charge in [0, 0.05) is 42.4 Å². The van der Waals surface area contributed by atoms with E-state index in [4.69, 9.17) is 0 Å². The summed E-state index contributed by atoms with van der Waals surface area (Å²) in [7, 11) is 0. The Hall–Kier alpha value is -2.19. The van der Waals surface area contributed by atoms with E-state index in [2.05, 4.69) is 15.0 Å². The molecule has 0 atom stereocenters. The van der Waals surface area contributed by atoms with Crippen molar-refractivity contribution in [2.24, 2.45) is 0 Å². The highest BCUT2D eigenvalue weighted by atomic mass is 32.2. The first-order valence-electron chi connectivity index (χ1n) is 8.95. The number of hydrogen-bond acceptors (Lipinski definition) is 4. The smallest absolute Gasteiger partial charge is 0.406 e. The number of hydrogen-bond donors (Lipinski definition) is 1. The van der Waals surface area contributed by atoms with Crippen LogP contribution < -0.4 is 10.1 Å². The van der Waals surface area contributed by atoms with Gasteiger partial charge in [0.1, 0.15) is 5.75 Å². The maximum atomic E-state index is 12.2. The first-order chi connectivity index (χ1) is 13.4. The van der Waals surface area contributed by atoms with Crippen molar-refractivity contribution in [1.82, 2.24) is 4.90 Å². The number of benzene rings is 2. The van der Waals surface area contributed by atoms with Crippen molar-refractivity contribution >= 4 is 23.4 Å². The zero-order valence-corrected chi connectivity index (χ0v) is 16.0. The van der Waals surface area contributed by atoms with E-state index in [1.807, 2.05) is 36.0 Å². The average Bonchev–Trinajstić information content (AvgIpc) is 2.67. The molecule has 150 valence electrons. The second-order valence-corrected chi connectivity index (χ2v) is 7.65. The standard InChI is InChI=1S/C20H21F3N2O2S/c21-20(22,23)27-18-7-3-16(4-8-18)19(26)24-17-5-1-15(2-6-17)9-10-25-11-13-28-14-12-25/h1-8H,9-14H2,(H,24,26). The third-order valence-corrected chi connectivity index (χ3v) is 5.32. The number of anilines is 1. The third kappa shape index (κ3) is 6.45. The predicted molar refractivity (Wildman–Crippen MR) is 105 cm³/mol. The molecule has 28 heavy (non-hydrogen) atoms. The molecule has 2 aromatic rings. The lowest BCUT2D eigenvalue weighted by atomic mass is 10.1. The van der Waals surface area contributed by atoms with Crippen LogP contribution in [0.1, 0.15) is 15.9 Å². The molecule has 0 bridgehead atoms. The zero-order valence-electron chi connectivity index (χ0n) is 15.2. The molecular weight excluding hydrogens is 389 g/mol. The van der Waals surface area contributed by atoms with E-state index in [-0.39, 0.29) is 11.3 Å². The maximum absolute atomic E-state index is 12.2. The van der Waals surface area contributed by atoms with Crippen LogP contribution in [0, 0.1) is 0 Å². The second-order valence-electron chi connectivity index (χ2n) is 6.43. The van der Waals surface area contributed by atoms with E-state index in [1.54, 1.807) is 0 Å². The van der Waals surface area contributed by atoms with Crippen LogP contribution in [-0.2, 0) is 6.42 Å². The van der Waals surface area contributed by atoms with Crippen molar-refractivity contribution in [1.29, 1.82) is 0 Å². The Labute approximate surface area is 166 Å². The van der Waals surface area contributed by atoms with E-state index in [1.165, 1.54) is 29.2 Å². The van der Waals surface area contributed by atoms with Gasteiger partial charge in [-0.3, -0.25) is 4.79 Å². The monoisotopic (exact) mass is 410 g/mol. The van der Waals surface area contributed by atoms with E-state index < -0.39 is 12.3 Å². The van der Waals surface area contributed by atoms with Gasteiger partial charge in [0.05, 0.1) is 0 Å². The Morgan fingerprint density at radius 3 is 2.29 bits per heavy atom. The van der Waals surface area contributed by atoms with Gasteiger partial charge in [-0.05, 0) is 48.4 Å². The minimum Gasteiger partial charge on any atom is -0.406 e. The molecule has 8 heteroatoms. The van der Waals surface area contributed by atoms with Crippen LogP contribution in [0.2, 0.25) is 0 Å². The number of carbonyl (C=O) groups is 1. The summed E-state index contributed by atoms with van der Waals surface area (Å²) in [6.45, 7) is 3.29. The quantitative estimate of drug-likeness (QED) is 0.765. The molecule has 1 N–H and O–H groups in total. The number of carbonyl (C=O) groups excluding carboxylic acids is 1. The largest absolute Gasteiger partial charge is 0.573 e. The number of nitrogens with one attached hydrogen (secondary N) is 1. The highest BCUT2D eigenvalue weighted by Crippen LogP contribution is 2.23. The fourth-order valence-corrected chi connectivity index (χ4v) is 3.86. The van der Waals surface area contributed by atoms with Gasteiger partial charge >= 0.3 is 6.36 Å². The SMILES string of the molecule is O=C(Nc1ccc(CCN2CCSCC2)cc1)c1ccc(OC(F)(F)F)cc1. The van der Waals surface area contributed by atoms with Crippen molar-refractivity contribution in [3.8, 4) is 5.75 Å². The molecule has 1 fully saturated rings. The van der Waals surface area contributed by atoms with E-state index in [0.717, 1.165) is 38.2 Å². The minimum atomic E-state index is -4.75. The van der Waals surface area contributed by atoms with Gasteiger partial charge in [0.2, 0.25) is 0 Å². The molecule has 0 radical (unpaired) electrons. The molecule has 0 aromatic heterocycles. The summed E-state index contributed by atoms with van der Waals surface area (Å²) in [6, 6.07) is 12.4. The summed E-state index contributed by atoms with van der Waals surface area (Å²) in [5.41, 5.74) is 2.09. The number of rotatable bonds is 6. The highest BCUT2D eigenvalue weighted by molar-refractivity contribution is 7.99. The Morgan fingerprint density at radius 1 is 1.04 bits per heavy atom. The van der Waals surface area contributed by atoms with Gasteiger partial charge in [0.25, 0.3) is 5.91 Å². The molecular formula is C20H21F3N2O2S. The molecule has 0 saturated carbocycles. The molecule has 2 aromatic carbocycles. The molecule has 1 aliphatic heterocycles. The molecule has 0 aliphatic carbocycles. The lowest BCUT2D eigenvalue weighted by molar-refractivity contribution is -0.274. The molecule has 0 unspecified atom stereocenters.